The minimum absolute atomic E-state index is 0.0529. The third kappa shape index (κ3) is 2.56. The average Bonchev–Trinajstić information content (AvgIpc) is 2.85. The fourth-order valence-electron chi connectivity index (χ4n) is 2.77. The molecule has 2 heterocycles. The summed E-state index contributed by atoms with van der Waals surface area (Å²) in [5.74, 6) is 0.617. The lowest BCUT2D eigenvalue weighted by Gasteiger charge is -2.20. The molecule has 1 aromatic carbocycles. The summed E-state index contributed by atoms with van der Waals surface area (Å²) in [6.45, 7) is 2.72. The van der Waals surface area contributed by atoms with Crippen LogP contribution in [0.4, 0.5) is 5.82 Å². The molecule has 0 radical (unpaired) electrons. The number of fused-ring (bicyclic) bond motifs is 1. The van der Waals surface area contributed by atoms with Crippen molar-refractivity contribution in [1.82, 2.24) is 9.88 Å². The van der Waals surface area contributed by atoms with Gasteiger partial charge in [-0.25, -0.2) is 4.98 Å². The molecule has 3 rings (SSSR count). The number of para-hydroxylation sites is 1. The summed E-state index contributed by atoms with van der Waals surface area (Å²) in [7, 11) is 1.78. The Labute approximate surface area is 123 Å². The third-order valence-electron chi connectivity index (χ3n) is 3.94. The summed E-state index contributed by atoms with van der Waals surface area (Å²) in [5, 5.41) is 13.9. The zero-order chi connectivity index (χ0) is 15.0. The molecular formula is C16H19N3O2. The second-order valence-corrected chi connectivity index (χ2v) is 5.80. The van der Waals surface area contributed by atoms with Crippen LogP contribution in [0, 0.1) is 0 Å². The van der Waals surface area contributed by atoms with Crippen molar-refractivity contribution >= 4 is 22.6 Å². The van der Waals surface area contributed by atoms with Crippen molar-refractivity contribution in [2.75, 3.05) is 25.5 Å². The Morgan fingerprint density at radius 2 is 2.19 bits per heavy atom. The molecule has 1 saturated heterocycles. The molecule has 5 heteroatoms. The summed E-state index contributed by atoms with van der Waals surface area (Å²) in [6, 6.07) is 9.39. The van der Waals surface area contributed by atoms with E-state index in [0.29, 0.717) is 30.9 Å². The molecule has 0 spiro atoms. The van der Waals surface area contributed by atoms with Gasteiger partial charge in [-0.2, -0.15) is 0 Å². The molecule has 1 aliphatic heterocycles. The minimum atomic E-state index is -0.787. The number of benzene rings is 1. The SMILES string of the molecule is CNc1cc(C(=O)N2CCC(C)(O)C2)c2ccccc2n1. The number of rotatable bonds is 2. The monoisotopic (exact) mass is 285 g/mol. The van der Waals surface area contributed by atoms with Crippen LogP contribution < -0.4 is 5.32 Å². The molecule has 1 aliphatic rings. The van der Waals surface area contributed by atoms with E-state index >= 15 is 0 Å². The fraction of sp³-hybridized carbons (Fsp3) is 0.375. The number of hydrogen-bond acceptors (Lipinski definition) is 4. The molecule has 110 valence electrons. The van der Waals surface area contributed by atoms with Gasteiger partial charge in [0, 0.05) is 25.5 Å². The summed E-state index contributed by atoms with van der Waals surface area (Å²) >= 11 is 0. The molecule has 0 saturated carbocycles. The predicted molar refractivity (Wildman–Crippen MR) is 82.4 cm³/mol. The van der Waals surface area contributed by atoms with Crippen molar-refractivity contribution in [1.29, 1.82) is 0 Å². The van der Waals surface area contributed by atoms with Crippen LogP contribution in [0.2, 0.25) is 0 Å². The van der Waals surface area contributed by atoms with Gasteiger partial charge >= 0.3 is 0 Å². The van der Waals surface area contributed by atoms with Crippen molar-refractivity contribution in [3.8, 4) is 0 Å². The number of aliphatic hydroxyl groups is 1. The van der Waals surface area contributed by atoms with E-state index in [1.165, 1.54) is 0 Å². The first-order chi connectivity index (χ1) is 10.00. The topological polar surface area (TPSA) is 65.5 Å². The molecule has 2 aromatic rings. The molecule has 1 amide bonds. The lowest BCUT2D eigenvalue weighted by atomic mass is 10.1. The van der Waals surface area contributed by atoms with E-state index in [-0.39, 0.29) is 5.91 Å². The normalized spacial score (nSPS) is 21.8. The van der Waals surface area contributed by atoms with Crippen molar-refractivity contribution in [2.24, 2.45) is 0 Å². The van der Waals surface area contributed by atoms with Crippen molar-refractivity contribution < 1.29 is 9.90 Å². The van der Waals surface area contributed by atoms with Gasteiger partial charge in [-0.05, 0) is 25.5 Å². The lowest BCUT2D eigenvalue weighted by Crippen LogP contribution is -2.34. The van der Waals surface area contributed by atoms with E-state index in [2.05, 4.69) is 10.3 Å². The molecule has 1 fully saturated rings. The Hall–Kier alpha value is -2.14. The number of carbonyl (C=O) groups excluding carboxylic acids is 1. The van der Waals surface area contributed by atoms with E-state index < -0.39 is 5.60 Å². The number of amides is 1. The summed E-state index contributed by atoms with van der Waals surface area (Å²) in [4.78, 5) is 18.9. The highest BCUT2D eigenvalue weighted by Crippen LogP contribution is 2.26. The number of nitrogens with one attached hydrogen (secondary N) is 1. The maximum absolute atomic E-state index is 12.8. The van der Waals surface area contributed by atoms with Gasteiger partial charge in [0.05, 0.1) is 16.7 Å². The van der Waals surface area contributed by atoms with E-state index in [1.807, 2.05) is 24.3 Å². The van der Waals surface area contributed by atoms with Crippen molar-refractivity contribution in [3.63, 3.8) is 0 Å². The zero-order valence-corrected chi connectivity index (χ0v) is 12.3. The molecule has 0 aliphatic carbocycles. The largest absolute Gasteiger partial charge is 0.388 e. The number of hydrogen-bond donors (Lipinski definition) is 2. The highest BCUT2D eigenvalue weighted by atomic mass is 16.3. The quantitative estimate of drug-likeness (QED) is 0.884. The lowest BCUT2D eigenvalue weighted by molar-refractivity contribution is 0.0573. The maximum Gasteiger partial charge on any atom is 0.254 e. The van der Waals surface area contributed by atoms with Crippen LogP contribution in [0.15, 0.2) is 30.3 Å². The number of carbonyl (C=O) groups is 1. The van der Waals surface area contributed by atoms with Gasteiger partial charge in [0.2, 0.25) is 0 Å². The fourth-order valence-corrected chi connectivity index (χ4v) is 2.77. The number of anilines is 1. The van der Waals surface area contributed by atoms with Crippen molar-refractivity contribution in [3.05, 3.63) is 35.9 Å². The Morgan fingerprint density at radius 3 is 2.86 bits per heavy atom. The van der Waals surface area contributed by atoms with Gasteiger partial charge in [0.1, 0.15) is 5.82 Å². The van der Waals surface area contributed by atoms with Crippen LogP contribution in [0.1, 0.15) is 23.7 Å². The predicted octanol–water partition coefficient (Wildman–Crippen LogP) is 1.87. The van der Waals surface area contributed by atoms with Crippen LogP contribution in [0.3, 0.4) is 0 Å². The summed E-state index contributed by atoms with van der Waals surface area (Å²) in [5.41, 5.74) is 0.631. The maximum atomic E-state index is 12.8. The molecule has 1 aromatic heterocycles. The standard InChI is InChI=1S/C16H19N3O2/c1-16(21)7-8-19(10-16)15(20)12-9-14(17-2)18-13-6-4-3-5-11(12)13/h3-6,9,21H,7-8,10H2,1-2H3,(H,17,18). The van der Waals surface area contributed by atoms with Gasteiger partial charge in [0.15, 0.2) is 0 Å². The van der Waals surface area contributed by atoms with Gasteiger partial charge in [-0.1, -0.05) is 18.2 Å². The first-order valence-corrected chi connectivity index (χ1v) is 7.09. The Morgan fingerprint density at radius 1 is 1.43 bits per heavy atom. The second kappa shape index (κ2) is 5.00. The number of β-amino-alcohol motifs (C(OH)–C–C–N with tert-alkyl or cyclic N) is 1. The molecular weight excluding hydrogens is 266 g/mol. The second-order valence-electron chi connectivity index (χ2n) is 5.80. The molecule has 0 bridgehead atoms. The van der Waals surface area contributed by atoms with E-state index in [4.69, 9.17) is 0 Å². The highest BCUT2D eigenvalue weighted by molar-refractivity contribution is 6.07. The first-order valence-electron chi connectivity index (χ1n) is 7.09. The average molecular weight is 285 g/mol. The van der Waals surface area contributed by atoms with Gasteiger partial charge in [-0.3, -0.25) is 4.79 Å². The van der Waals surface area contributed by atoms with Gasteiger partial charge in [0.25, 0.3) is 5.91 Å². The Kier molecular flexibility index (Phi) is 3.29. The molecule has 21 heavy (non-hydrogen) atoms. The number of aromatic nitrogens is 1. The van der Waals surface area contributed by atoms with Crippen LogP contribution >= 0.6 is 0 Å². The number of likely N-dealkylation sites (tertiary alicyclic amines) is 1. The van der Waals surface area contributed by atoms with Gasteiger partial charge < -0.3 is 15.3 Å². The third-order valence-corrected chi connectivity index (χ3v) is 3.94. The summed E-state index contributed by atoms with van der Waals surface area (Å²) < 4.78 is 0. The smallest absolute Gasteiger partial charge is 0.254 e. The van der Waals surface area contributed by atoms with Crippen LogP contribution in [0.25, 0.3) is 10.9 Å². The number of nitrogens with zero attached hydrogens (tertiary/aromatic N) is 2. The Balaban J connectivity index is 2.05. The first kappa shape index (κ1) is 13.8. The van der Waals surface area contributed by atoms with Crippen molar-refractivity contribution in [2.45, 2.75) is 18.9 Å². The van der Waals surface area contributed by atoms with Crippen LogP contribution in [-0.4, -0.2) is 46.6 Å². The number of pyridine rings is 1. The highest BCUT2D eigenvalue weighted by Gasteiger charge is 2.34. The van der Waals surface area contributed by atoms with Gasteiger partial charge in [-0.15, -0.1) is 0 Å². The minimum Gasteiger partial charge on any atom is -0.388 e. The molecule has 1 unspecified atom stereocenters. The van der Waals surface area contributed by atoms with E-state index in [1.54, 1.807) is 24.9 Å². The molecule has 2 N–H and O–H groups in total. The van der Waals surface area contributed by atoms with E-state index in [0.717, 1.165) is 10.9 Å². The van der Waals surface area contributed by atoms with Crippen LogP contribution in [-0.2, 0) is 0 Å². The van der Waals surface area contributed by atoms with E-state index in [9.17, 15) is 9.90 Å². The van der Waals surface area contributed by atoms with Crippen LogP contribution in [0.5, 0.6) is 0 Å². The Bertz CT molecular complexity index is 697. The zero-order valence-electron chi connectivity index (χ0n) is 12.3. The summed E-state index contributed by atoms with van der Waals surface area (Å²) in [6.07, 6.45) is 0.612. The molecule has 1 atom stereocenters. The molecule has 5 nitrogen and oxygen atoms in total.